The number of carbonyl (C=O) groups is 1. The minimum Gasteiger partial charge on any atom is -0.300 e. The highest BCUT2D eigenvalue weighted by molar-refractivity contribution is 5.88. The second kappa shape index (κ2) is 9.23. The zero-order chi connectivity index (χ0) is 21.9. The number of nitrogens with one attached hydrogen (secondary N) is 1. The Hall–Kier alpha value is -2.31. The number of carbonyl (C=O) groups excluding carboxylic acids is 1. The third-order valence-electron chi connectivity index (χ3n) is 6.59. The van der Waals surface area contributed by atoms with Crippen molar-refractivity contribution < 1.29 is 18.8 Å². The van der Waals surface area contributed by atoms with Crippen LogP contribution in [0.4, 0.5) is 8.78 Å². The van der Waals surface area contributed by atoms with E-state index in [0.29, 0.717) is 36.9 Å². The molecule has 0 saturated heterocycles. The topological polar surface area (TPSA) is 52.6 Å². The molecule has 1 fully saturated rings. The summed E-state index contributed by atoms with van der Waals surface area (Å²) in [6.45, 7) is 8.22. The molecule has 0 spiro atoms. The van der Waals surface area contributed by atoms with E-state index in [1.165, 1.54) is 12.1 Å². The van der Waals surface area contributed by atoms with Gasteiger partial charge in [0.1, 0.15) is 11.6 Å². The molecule has 0 heterocycles. The molecule has 2 atom stereocenters. The van der Waals surface area contributed by atoms with Crippen LogP contribution in [0.25, 0.3) is 0 Å². The van der Waals surface area contributed by atoms with Gasteiger partial charge in [0, 0.05) is 6.54 Å². The van der Waals surface area contributed by atoms with Crippen LogP contribution < -0.4 is 5.48 Å². The Balaban J connectivity index is 1.96. The maximum Gasteiger partial charge on any atom is 0.254 e. The van der Waals surface area contributed by atoms with Gasteiger partial charge in [0.15, 0.2) is 0 Å². The lowest BCUT2D eigenvalue weighted by Gasteiger charge is -2.29. The summed E-state index contributed by atoms with van der Waals surface area (Å²) < 4.78 is 28.6. The molecular weight excluding hydrogens is 386 g/mol. The molecule has 0 bridgehead atoms. The molecule has 162 valence electrons. The largest absolute Gasteiger partial charge is 0.300 e. The Morgan fingerprint density at radius 3 is 2.63 bits per heavy atom. The number of hydroxylamine groups is 1. The first kappa shape index (κ1) is 22.4. The summed E-state index contributed by atoms with van der Waals surface area (Å²) in [5, 5.41) is 9.42. The van der Waals surface area contributed by atoms with Crippen LogP contribution >= 0.6 is 0 Å². The van der Waals surface area contributed by atoms with Crippen molar-refractivity contribution in [1.82, 2.24) is 10.4 Å². The molecule has 2 aromatic carbocycles. The quantitative estimate of drug-likeness (QED) is 0.502. The molecular formula is C24H30F2N2O2. The van der Waals surface area contributed by atoms with E-state index in [9.17, 15) is 18.8 Å². The maximum atomic E-state index is 14.4. The molecule has 1 aliphatic rings. The molecule has 1 saturated carbocycles. The first-order chi connectivity index (χ1) is 14.3. The minimum atomic E-state index is -1.04. The van der Waals surface area contributed by atoms with Crippen LogP contribution in [-0.2, 0) is 16.8 Å². The third-order valence-corrected chi connectivity index (χ3v) is 6.59. The number of hydrogen-bond donors (Lipinski definition) is 2. The lowest BCUT2D eigenvalue weighted by molar-refractivity contribution is -0.135. The van der Waals surface area contributed by atoms with Gasteiger partial charge < -0.3 is 0 Å². The number of rotatable bonds is 7. The molecule has 1 unspecified atom stereocenters. The van der Waals surface area contributed by atoms with Gasteiger partial charge in [-0.2, -0.15) is 0 Å². The standard InChI is InChI=1S/C24H30F2N2O2/c1-4-28(5-2)15-17-11-19(13-20(25)12-17)18-9-10-24(14-18,23(29)27-30)21-7-6-8-22(26)16(21)3/h6-8,11-13,18,30H,4-5,9-10,14-15H2,1-3H3,(H,27,29)/t18?,24-/m0/s1. The smallest absolute Gasteiger partial charge is 0.254 e. The Kier molecular flexibility index (Phi) is 6.88. The van der Waals surface area contributed by atoms with E-state index in [0.717, 1.165) is 24.2 Å². The summed E-state index contributed by atoms with van der Waals surface area (Å²) in [4.78, 5) is 15.0. The lowest BCUT2D eigenvalue weighted by atomic mass is 9.75. The van der Waals surface area contributed by atoms with E-state index < -0.39 is 11.3 Å². The second-order valence-electron chi connectivity index (χ2n) is 8.23. The van der Waals surface area contributed by atoms with E-state index >= 15 is 0 Å². The Bertz CT molecular complexity index is 914. The number of halogens is 2. The number of hydrogen-bond acceptors (Lipinski definition) is 3. The Morgan fingerprint density at radius 1 is 1.23 bits per heavy atom. The van der Waals surface area contributed by atoms with Gasteiger partial charge in [0.05, 0.1) is 5.41 Å². The van der Waals surface area contributed by atoms with Crippen molar-refractivity contribution in [1.29, 1.82) is 0 Å². The fourth-order valence-corrected chi connectivity index (χ4v) is 4.84. The van der Waals surface area contributed by atoms with Gasteiger partial charge in [-0.1, -0.05) is 32.0 Å². The van der Waals surface area contributed by atoms with Crippen LogP contribution in [0.2, 0.25) is 0 Å². The molecule has 0 aliphatic heterocycles. The van der Waals surface area contributed by atoms with Gasteiger partial charge in [0.25, 0.3) is 5.91 Å². The van der Waals surface area contributed by atoms with Crippen molar-refractivity contribution in [2.45, 2.75) is 57.9 Å². The predicted molar refractivity (Wildman–Crippen MR) is 112 cm³/mol. The lowest BCUT2D eigenvalue weighted by Crippen LogP contribution is -2.42. The highest BCUT2D eigenvalue weighted by Crippen LogP contribution is 2.49. The third kappa shape index (κ3) is 4.25. The zero-order valence-corrected chi connectivity index (χ0v) is 17.8. The van der Waals surface area contributed by atoms with Crippen LogP contribution in [0.5, 0.6) is 0 Å². The maximum absolute atomic E-state index is 14.4. The molecule has 0 aromatic heterocycles. The van der Waals surface area contributed by atoms with E-state index in [1.807, 2.05) is 6.07 Å². The fraction of sp³-hybridized carbons (Fsp3) is 0.458. The average Bonchev–Trinajstić information content (AvgIpc) is 3.19. The first-order valence-corrected chi connectivity index (χ1v) is 10.6. The molecule has 30 heavy (non-hydrogen) atoms. The van der Waals surface area contributed by atoms with E-state index in [4.69, 9.17) is 0 Å². The van der Waals surface area contributed by atoms with E-state index in [1.54, 1.807) is 30.6 Å². The van der Waals surface area contributed by atoms with Crippen LogP contribution in [0.15, 0.2) is 36.4 Å². The Labute approximate surface area is 176 Å². The average molecular weight is 417 g/mol. The Morgan fingerprint density at radius 2 is 1.97 bits per heavy atom. The van der Waals surface area contributed by atoms with Crippen molar-refractivity contribution in [3.63, 3.8) is 0 Å². The van der Waals surface area contributed by atoms with Gasteiger partial charge in [-0.05, 0) is 85.6 Å². The molecule has 1 aliphatic carbocycles. The van der Waals surface area contributed by atoms with Crippen molar-refractivity contribution in [3.8, 4) is 0 Å². The monoisotopic (exact) mass is 416 g/mol. The summed E-state index contributed by atoms with van der Waals surface area (Å²) in [5.41, 5.74) is 3.48. The SMILES string of the molecule is CCN(CC)Cc1cc(F)cc(C2CC[C@@](C(=O)NO)(c3cccc(F)c3C)C2)c1. The highest BCUT2D eigenvalue weighted by Gasteiger charge is 2.48. The molecule has 3 rings (SSSR count). The minimum absolute atomic E-state index is 0.0591. The van der Waals surface area contributed by atoms with Crippen molar-refractivity contribution >= 4 is 5.91 Å². The molecule has 1 amide bonds. The molecule has 4 nitrogen and oxygen atoms in total. The van der Waals surface area contributed by atoms with Crippen molar-refractivity contribution in [2.75, 3.05) is 13.1 Å². The summed E-state index contributed by atoms with van der Waals surface area (Å²) in [6.07, 6.45) is 1.49. The summed E-state index contributed by atoms with van der Waals surface area (Å²) in [5.74, 6) is -1.27. The summed E-state index contributed by atoms with van der Waals surface area (Å²) >= 11 is 0. The number of benzene rings is 2. The van der Waals surface area contributed by atoms with E-state index in [2.05, 4.69) is 18.7 Å². The highest BCUT2D eigenvalue weighted by atomic mass is 19.1. The van der Waals surface area contributed by atoms with E-state index in [-0.39, 0.29) is 17.6 Å². The number of nitrogens with zero attached hydrogens (tertiary/aromatic N) is 1. The molecule has 2 aromatic rings. The second-order valence-corrected chi connectivity index (χ2v) is 8.23. The first-order valence-electron chi connectivity index (χ1n) is 10.6. The zero-order valence-electron chi connectivity index (χ0n) is 17.8. The summed E-state index contributed by atoms with van der Waals surface area (Å²) in [7, 11) is 0. The van der Waals surface area contributed by atoms with Gasteiger partial charge in [-0.15, -0.1) is 0 Å². The summed E-state index contributed by atoms with van der Waals surface area (Å²) in [6, 6.07) is 9.79. The van der Waals surface area contributed by atoms with Crippen molar-refractivity contribution in [3.05, 3.63) is 70.3 Å². The predicted octanol–water partition coefficient (Wildman–Crippen LogP) is 4.83. The van der Waals surface area contributed by atoms with Crippen LogP contribution in [0.3, 0.4) is 0 Å². The molecule has 0 radical (unpaired) electrons. The number of amides is 1. The van der Waals surface area contributed by atoms with Gasteiger partial charge >= 0.3 is 0 Å². The van der Waals surface area contributed by atoms with Crippen LogP contribution in [-0.4, -0.2) is 29.1 Å². The van der Waals surface area contributed by atoms with Gasteiger partial charge in [-0.25, -0.2) is 14.3 Å². The molecule has 2 N–H and O–H groups in total. The van der Waals surface area contributed by atoms with Crippen LogP contribution in [0.1, 0.15) is 61.3 Å². The molecule has 6 heteroatoms. The van der Waals surface area contributed by atoms with Crippen molar-refractivity contribution in [2.24, 2.45) is 0 Å². The van der Waals surface area contributed by atoms with Gasteiger partial charge in [0.2, 0.25) is 0 Å². The normalized spacial score (nSPS) is 21.2. The van der Waals surface area contributed by atoms with Crippen LogP contribution in [0, 0.1) is 18.6 Å². The van der Waals surface area contributed by atoms with Gasteiger partial charge in [-0.3, -0.25) is 14.9 Å². The fourth-order valence-electron chi connectivity index (χ4n) is 4.84.